The van der Waals surface area contributed by atoms with Gasteiger partial charge in [0.15, 0.2) is 0 Å². The van der Waals surface area contributed by atoms with E-state index in [-0.39, 0.29) is 0 Å². The molecule has 1 aliphatic heterocycles. The van der Waals surface area contributed by atoms with Crippen molar-refractivity contribution < 1.29 is 4.74 Å². The molecule has 2 rings (SSSR count). The van der Waals surface area contributed by atoms with Crippen LogP contribution in [0.25, 0.3) is 0 Å². The van der Waals surface area contributed by atoms with Crippen LogP contribution in [0.15, 0.2) is 16.6 Å². The van der Waals surface area contributed by atoms with Crippen molar-refractivity contribution >= 4 is 27.5 Å². The molecule has 1 atom stereocenters. The van der Waals surface area contributed by atoms with Gasteiger partial charge in [-0.1, -0.05) is 27.5 Å². The van der Waals surface area contributed by atoms with Gasteiger partial charge < -0.3 is 10.1 Å². The van der Waals surface area contributed by atoms with E-state index in [2.05, 4.69) is 27.3 Å². The van der Waals surface area contributed by atoms with E-state index in [9.17, 15) is 0 Å². The molecule has 0 saturated carbocycles. The Bertz CT molecular complexity index is 370. The summed E-state index contributed by atoms with van der Waals surface area (Å²) < 4.78 is 6.67. The molecule has 0 radical (unpaired) electrons. The standard InChI is InChI=1S/C11H13BrClNO/c1-14-10-3-2-4-15-11-8(10)5-7(12)6-9(11)13/h5-6,10,14H,2-4H2,1H3. The van der Waals surface area contributed by atoms with Gasteiger partial charge in [0.05, 0.1) is 11.6 Å². The fourth-order valence-corrected chi connectivity index (χ4v) is 2.80. The van der Waals surface area contributed by atoms with Gasteiger partial charge in [-0.15, -0.1) is 0 Å². The number of rotatable bonds is 1. The number of nitrogens with one attached hydrogen (secondary N) is 1. The number of benzene rings is 1. The van der Waals surface area contributed by atoms with Gasteiger partial charge in [-0.3, -0.25) is 0 Å². The van der Waals surface area contributed by atoms with Crippen LogP contribution in [0.1, 0.15) is 24.4 Å². The Kier molecular flexibility index (Phi) is 3.54. The summed E-state index contributed by atoms with van der Waals surface area (Å²) in [6, 6.07) is 4.28. The number of fused-ring (bicyclic) bond motifs is 1. The van der Waals surface area contributed by atoms with Crippen molar-refractivity contribution in [2.24, 2.45) is 0 Å². The highest BCUT2D eigenvalue weighted by Gasteiger charge is 2.21. The Labute approximate surface area is 103 Å². The first kappa shape index (κ1) is 11.2. The molecule has 1 aromatic carbocycles. The van der Waals surface area contributed by atoms with Gasteiger partial charge >= 0.3 is 0 Å². The lowest BCUT2D eigenvalue weighted by molar-refractivity contribution is 0.315. The molecule has 82 valence electrons. The van der Waals surface area contributed by atoms with Crippen molar-refractivity contribution in [1.29, 1.82) is 0 Å². The molecule has 0 amide bonds. The first-order valence-corrected chi connectivity index (χ1v) is 6.18. The van der Waals surface area contributed by atoms with Crippen LogP contribution >= 0.6 is 27.5 Å². The first-order valence-electron chi connectivity index (χ1n) is 5.01. The zero-order valence-corrected chi connectivity index (χ0v) is 10.9. The molecular weight excluding hydrogens is 277 g/mol. The van der Waals surface area contributed by atoms with E-state index >= 15 is 0 Å². The van der Waals surface area contributed by atoms with Crippen molar-refractivity contribution in [1.82, 2.24) is 5.32 Å². The van der Waals surface area contributed by atoms with Crippen molar-refractivity contribution in [2.45, 2.75) is 18.9 Å². The van der Waals surface area contributed by atoms with Gasteiger partial charge in [0.25, 0.3) is 0 Å². The predicted octanol–water partition coefficient (Wildman–Crippen LogP) is 3.54. The highest BCUT2D eigenvalue weighted by molar-refractivity contribution is 9.10. The summed E-state index contributed by atoms with van der Waals surface area (Å²) in [5, 5.41) is 3.98. The predicted molar refractivity (Wildman–Crippen MR) is 65.7 cm³/mol. The molecule has 1 aliphatic rings. The van der Waals surface area contributed by atoms with Crippen LogP contribution in [0, 0.1) is 0 Å². The van der Waals surface area contributed by atoms with Crippen LogP contribution in [0.3, 0.4) is 0 Å². The Morgan fingerprint density at radius 1 is 1.53 bits per heavy atom. The minimum atomic E-state index is 0.331. The lowest BCUT2D eigenvalue weighted by Crippen LogP contribution is -2.15. The number of hydrogen-bond acceptors (Lipinski definition) is 2. The maximum Gasteiger partial charge on any atom is 0.142 e. The van der Waals surface area contributed by atoms with Crippen LogP contribution in [0.2, 0.25) is 5.02 Å². The Morgan fingerprint density at radius 2 is 2.33 bits per heavy atom. The largest absolute Gasteiger partial charge is 0.492 e. The van der Waals surface area contributed by atoms with E-state index < -0.39 is 0 Å². The third-order valence-electron chi connectivity index (χ3n) is 2.64. The van der Waals surface area contributed by atoms with Gasteiger partial charge in [0.2, 0.25) is 0 Å². The second kappa shape index (κ2) is 4.73. The van der Waals surface area contributed by atoms with Crippen molar-refractivity contribution in [2.75, 3.05) is 13.7 Å². The van der Waals surface area contributed by atoms with Crippen LogP contribution in [-0.2, 0) is 0 Å². The zero-order valence-electron chi connectivity index (χ0n) is 8.52. The van der Waals surface area contributed by atoms with E-state index in [0.29, 0.717) is 11.1 Å². The summed E-state index contributed by atoms with van der Waals surface area (Å²) in [7, 11) is 1.97. The van der Waals surface area contributed by atoms with Gasteiger partial charge in [-0.05, 0) is 32.0 Å². The maximum absolute atomic E-state index is 6.16. The summed E-state index contributed by atoms with van der Waals surface area (Å²) in [6.07, 6.45) is 2.13. The molecule has 1 N–H and O–H groups in total. The zero-order chi connectivity index (χ0) is 10.8. The molecule has 0 fully saturated rings. The monoisotopic (exact) mass is 289 g/mol. The Balaban J connectivity index is 2.50. The molecule has 0 bridgehead atoms. The number of halogens is 2. The number of hydrogen-bond donors (Lipinski definition) is 1. The molecule has 0 aromatic heterocycles. The quantitative estimate of drug-likeness (QED) is 0.854. The Hall–Kier alpha value is -0.250. The molecule has 4 heteroatoms. The molecule has 0 saturated heterocycles. The van der Waals surface area contributed by atoms with E-state index in [4.69, 9.17) is 16.3 Å². The average Bonchev–Trinajstić information content (AvgIpc) is 2.39. The fraction of sp³-hybridized carbons (Fsp3) is 0.455. The molecular formula is C11H13BrClNO. The van der Waals surface area contributed by atoms with Crippen LogP contribution < -0.4 is 10.1 Å². The molecule has 0 spiro atoms. The second-order valence-electron chi connectivity index (χ2n) is 3.64. The first-order chi connectivity index (χ1) is 7.22. The topological polar surface area (TPSA) is 21.3 Å². The van der Waals surface area contributed by atoms with Crippen LogP contribution in [0.4, 0.5) is 0 Å². The molecule has 1 unspecified atom stereocenters. The molecule has 1 aromatic rings. The van der Waals surface area contributed by atoms with Gasteiger partial charge in [-0.25, -0.2) is 0 Å². The maximum atomic E-state index is 6.16. The summed E-state index contributed by atoms with van der Waals surface area (Å²) in [5.41, 5.74) is 1.15. The lowest BCUT2D eigenvalue weighted by Gasteiger charge is -2.16. The molecule has 1 heterocycles. The van der Waals surface area contributed by atoms with E-state index in [1.54, 1.807) is 0 Å². The molecule has 15 heavy (non-hydrogen) atoms. The fourth-order valence-electron chi connectivity index (χ4n) is 1.91. The lowest BCUT2D eigenvalue weighted by atomic mass is 10.0. The van der Waals surface area contributed by atoms with Gasteiger partial charge in [0.1, 0.15) is 5.75 Å². The van der Waals surface area contributed by atoms with Gasteiger partial charge in [-0.2, -0.15) is 0 Å². The number of ether oxygens (including phenoxy) is 1. The highest BCUT2D eigenvalue weighted by atomic mass is 79.9. The second-order valence-corrected chi connectivity index (χ2v) is 4.96. The molecule has 2 nitrogen and oxygen atoms in total. The highest BCUT2D eigenvalue weighted by Crippen LogP contribution is 2.39. The third-order valence-corrected chi connectivity index (χ3v) is 3.38. The van der Waals surface area contributed by atoms with Crippen molar-refractivity contribution in [3.05, 3.63) is 27.2 Å². The SMILES string of the molecule is CNC1CCCOc2c(Cl)cc(Br)cc21. The van der Waals surface area contributed by atoms with Crippen molar-refractivity contribution in [3.63, 3.8) is 0 Å². The van der Waals surface area contributed by atoms with Gasteiger partial charge in [0, 0.05) is 16.1 Å². The Morgan fingerprint density at radius 3 is 3.07 bits per heavy atom. The minimum Gasteiger partial charge on any atom is -0.492 e. The normalized spacial score (nSPS) is 20.3. The molecule has 0 aliphatic carbocycles. The summed E-state index contributed by atoms with van der Waals surface area (Å²) in [6.45, 7) is 0.743. The summed E-state index contributed by atoms with van der Waals surface area (Å²) in [4.78, 5) is 0. The smallest absolute Gasteiger partial charge is 0.142 e. The van der Waals surface area contributed by atoms with E-state index in [1.807, 2.05) is 13.1 Å². The summed E-state index contributed by atoms with van der Waals surface area (Å²) in [5.74, 6) is 0.830. The van der Waals surface area contributed by atoms with E-state index in [1.165, 1.54) is 0 Å². The average molecular weight is 291 g/mol. The van der Waals surface area contributed by atoms with Crippen LogP contribution in [-0.4, -0.2) is 13.7 Å². The third kappa shape index (κ3) is 2.30. The minimum absolute atomic E-state index is 0.331. The van der Waals surface area contributed by atoms with Crippen molar-refractivity contribution in [3.8, 4) is 5.75 Å². The van der Waals surface area contributed by atoms with Crippen LogP contribution in [0.5, 0.6) is 5.75 Å². The van der Waals surface area contributed by atoms with E-state index in [0.717, 1.165) is 35.2 Å². The summed E-state index contributed by atoms with van der Waals surface area (Å²) >= 11 is 9.62.